The molecule has 1 N–H and O–H groups in total. The normalized spacial score (nSPS) is 11.9. The van der Waals surface area contributed by atoms with Gasteiger partial charge >= 0.3 is 5.97 Å². The highest BCUT2D eigenvalue weighted by molar-refractivity contribution is 9.10. The molecular weight excluding hydrogens is 318 g/mol. The minimum atomic E-state index is -0.837. The summed E-state index contributed by atoms with van der Waals surface area (Å²) < 4.78 is 0.991. The van der Waals surface area contributed by atoms with Gasteiger partial charge in [-0.3, -0.25) is 4.79 Å². The summed E-state index contributed by atoms with van der Waals surface area (Å²) >= 11 is 3.45. The molecule has 0 aliphatic heterocycles. The molecule has 20 heavy (non-hydrogen) atoms. The van der Waals surface area contributed by atoms with E-state index in [1.54, 1.807) is 0 Å². The molecule has 2 rings (SSSR count). The number of hydrogen-bond donors (Lipinski definition) is 1. The second kappa shape index (κ2) is 6.57. The van der Waals surface area contributed by atoms with Crippen molar-refractivity contribution in [1.29, 1.82) is 0 Å². The van der Waals surface area contributed by atoms with Crippen LogP contribution in [0.2, 0.25) is 0 Å². The number of rotatable bonds is 5. The highest BCUT2D eigenvalue weighted by Gasteiger charge is 2.19. The largest absolute Gasteiger partial charge is 0.480 e. The van der Waals surface area contributed by atoms with Crippen molar-refractivity contribution in [2.75, 3.05) is 11.4 Å². The van der Waals surface area contributed by atoms with E-state index in [1.807, 2.05) is 66.4 Å². The van der Waals surface area contributed by atoms with Gasteiger partial charge in [-0.2, -0.15) is 0 Å². The minimum Gasteiger partial charge on any atom is -0.480 e. The number of carboxylic acids is 1. The zero-order valence-electron chi connectivity index (χ0n) is 11.2. The maximum absolute atomic E-state index is 11.1. The molecule has 2 aromatic rings. The Bertz CT molecular complexity index is 586. The number of aliphatic carboxylic acids is 1. The van der Waals surface area contributed by atoms with Gasteiger partial charge in [-0.25, -0.2) is 0 Å². The highest BCUT2D eigenvalue weighted by atomic mass is 79.9. The summed E-state index contributed by atoms with van der Waals surface area (Å²) in [6, 6.07) is 17.5. The Morgan fingerprint density at radius 3 is 2.50 bits per heavy atom. The van der Waals surface area contributed by atoms with Gasteiger partial charge in [0.25, 0.3) is 0 Å². The first-order chi connectivity index (χ1) is 9.58. The predicted molar refractivity (Wildman–Crippen MR) is 84.0 cm³/mol. The quantitative estimate of drug-likeness (QED) is 0.895. The summed E-state index contributed by atoms with van der Waals surface area (Å²) in [7, 11) is 0. The summed E-state index contributed by atoms with van der Waals surface area (Å²) in [5.41, 5.74) is 1.98. The van der Waals surface area contributed by atoms with E-state index in [9.17, 15) is 4.79 Å². The van der Waals surface area contributed by atoms with E-state index in [0.717, 1.165) is 15.7 Å². The Morgan fingerprint density at radius 1 is 1.20 bits per heavy atom. The Hall–Kier alpha value is -1.81. The van der Waals surface area contributed by atoms with E-state index in [2.05, 4.69) is 15.9 Å². The number of carboxylic acid groups (broad SMARTS) is 1. The summed E-state index contributed by atoms with van der Waals surface area (Å²) in [6.07, 6.45) is 0. The molecule has 104 valence electrons. The van der Waals surface area contributed by atoms with E-state index < -0.39 is 5.97 Å². The molecule has 0 aliphatic carbocycles. The third-order valence-electron chi connectivity index (χ3n) is 3.19. The van der Waals surface area contributed by atoms with Crippen LogP contribution < -0.4 is 4.90 Å². The van der Waals surface area contributed by atoms with Gasteiger partial charge in [-0.05, 0) is 36.8 Å². The van der Waals surface area contributed by atoms with Crippen LogP contribution in [0.15, 0.2) is 59.1 Å². The lowest BCUT2D eigenvalue weighted by atomic mass is 10.1. The van der Waals surface area contributed by atoms with Gasteiger partial charge in [0.05, 0.1) is 6.04 Å². The molecule has 0 radical (unpaired) electrons. The number of para-hydroxylation sites is 1. The molecular formula is C16H16BrNO2. The first kappa shape index (κ1) is 14.6. The molecule has 0 bridgehead atoms. The molecule has 0 fully saturated rings. The maximum atomic E-state index is 11.1. The van der Waals surface area contributed by atoms with Crippen LogP contribution in [-0.4, -0.2) is 17.6 Å². The van der Waals surface area contributed by atoms with Gasteiger partial charge in [0, 0.05) is 10.2 Å². The number of halogens is 1. The second-order valence-corrected chi connectivity index (χ2v) is 5.50. The first-order valence-electron chi connectivity index (χ1n) is 6.37. The lowest BCUT2D eigenvalue weighted by Gasteiger charge is -2.30. The number of nitrogens with zero attached hydrogens (tertiary/aromatic N) is 1. The van der Waals surface area contributed by atoms with Gasteiger partial charge in [0.1, 0.15) is 6.54 Å². The molecule has 0 aromatic heterocycles. The average Bonchev–Trinajstić information content (AvgIpc) is 2.45. The van der Waals surface area contributed by atoms with Crippen molar-refractivity contribution < 1.29 is 9.90 Å². The zero-order chi connectivity index (χ0) is 14.5. The van der Waals surface area contributed by atoms with Crippen LogP contribution in [0.25, 0.3) is 0 Å². The van der Waals surface area contributed by atoms with Crippen LogP contribution in [0.3, 0.4) is 0 Å². The first-order valence-corrected chi connectivity index (χ1v) is 7.16. The Morgan fingerprint density at radius 2 is 1.90 bits per heavy atom. The third kappa shape index (κ3) is 3.61. The molecule has 0 saturated heterocycles. The van der Waals surface area contributed by atoms with Gasteiger partial charge in [-0.15, -0.1) is 0 Å². The summed E-state index contributed by atoms with van der Waals surface area (Å²) in [6.45, 7) is 1.98. The minimum absolute atomic E-state index is 0.0222. The third-order valence-corrected chi connectivity index (χ3v) is 3.69. The van der Waals surface area contributed by atoms with Crippen molar-refractivity contribution in [2.45, 2.75) is 13.0 Å². The zero-order valence-corrected chi connectivity index (χ0v) is 12.7. The van der Waals surface area contributed by atoms with Crippen LogP contribution in [0, 0.1) is 0 Å². The fraction of sp³-hybridized carbons (Fsp3) is 0.188. The molecule has 0 saturated carbocycles. The number of carbonyl (C=O) groups is 1. The Balaban J connectivity index is 2.33. The number of anilines is 1. The van der Waals surface area contributed by atoms with Crippen molar-refractivity contribution in [1.82, 2.24) is 0 Å². The van der Waals surface area contributed by atoms with Gasteiger partial charge in [0.15, 0.2) is 0 Å². The van der Waals surface area contributed by atoms with Crippen LogP contribution in [-0.2, 0) is 4.79 Å². The van der Waals surface area contributed by atoms with Crippen LogP contribution in [0.5, 0.6) is 0 Å². The molecule has 3 nitrogen and oxygen atoms in total. The molecule has 1 unspecified atom stereocenters. The standard InChI is InChI=1S/C16H16BrNO2/c1-12(13-6-5-7-14(17)10-13)18(11-16(19)20)15-8-3-2-4-9-15/h2-10,12H,11H2,1H3,(H,19,20). The van der Waals surface area contributed by atoms with Crippen molar-refractivity contribution >= 4 is 27.6 Å². The molecule has 4 heteroatoms. The smallest absolute Gasteiger partial charge is 0.323 e. The fourth-order valence-corrected chi connectivity index (χ4v) is 2.58. The van der Waals surface area contributed by atoms with E-state index in [4.69, 9.17) is 5.11 Å². The monoisotopic (exact) mass is 333 g/mol. The van der Waals surface area contributed by atoms with Crippen molar-refractivity contribution in [3.63, 3.8) is 0 Å². The Labute approximate surface area is 127 Å². The molecule has 0 heterocycles. The lowest BCUT2D eigenvalue weighted by Crippen LogP contribution is -2.32. The van der Waals surface area contributed by atoms with Gasteiger partial charge in [0.2, 0.25) is 0 Å². The Kier molecular flexibility index (Phi) is 4.79. The van der Waals surface area contributed by atoms with E-state index in [-0.39, 0.29) is 12.6 Å². The summed E-state index contributed by atoms with van der Waals surface area (Å²) in [4.78, 5) is 13.0. The van der Waals surface area contributed by atoms with Crippen LogP contribution in [0.1, 0.15) is 18.5 Å². The highest BCUT2D eigenvalue weighted by Crippen LogP contribution is 2.27. The van der Waals surface area contributed by atoms with Crippen LogP contribution >= 0.6 is 15.9 Å². The topological polar surface area (TPSA) is 40.5 Å². The number of benzene rings is 2. The fourth-order valence-electron chi connectivity index (χ4n) is 2.16. The SMILES string of the molecule is CC(c1cccc(Br)c1)N(CC(=O)O)c1ccccc1. The lowest BCUT2D eigenvalue weighted by molar-refractivity contribution is -0.135. The van der Waals surface area contributed by atoms with E-state index >= 15 is 0 Å². The predicted octanol–water partition coefficient (Wildman–Crippen LogP) is 4.10. The van der Waals surface area contributed by atoms with Crippen molar-refractivity contribution in [3.8, 4) is 0 Å². The van der Waals surface area contributed by atoms with E-state index in [1.165, 1.54) is 0 Å². The number of hydrogen-bond acceptors (Lipinski definition) is 2. The molecule has 0 aliphatic rings. The van der Waals surface area contributed by atoms with E-state index in [0.29, 0.717) is 0 Å². The van der Waals surface area contributed by atoms with Crippen molar-refractivity contribution in [3.05, 3.63) is 64.6 Å². The summed E-state index contributed by atoms with van der Waals surface area (Å²) in [5, 5.41) is 9.14. The van der Waals surface area contributed by atoms with Crippen molar-refractivity contribution in [2.24, 2.45) is 0 Å². The van der Waals surface area contributed by atoms with Gasteiger partial charge in [-0.1, -0.05) is 46.3 Å². The second-order valence-electron chi connectivity index (χ2n) is 4.59. The molecule has 1 atom stereocenters. The molecule has 2 aromatic carbocycles. The van der Waals surface area contributed by atoms with Gasteiger partial charge < -0.3 is 10.0 Å². The molecule has 0 spiro atoms. The van der Waals surface area contributed by atoms with Crippen LogP contribution in [0.4, 0.5) is 5.69 Å². The summed E-state index contributed by atoms with van der Waals surface area (Å²) in [5.74, 6) is -0.837. The maximum Gasteiger partial charge on any atom is 0.323 e. The average molecular weight is 334 g/mol. The molecule has 0 amide bonds.